The number of alkyl halides is 1. The van der Waals surface area contributed by atoms with Crippen molar-refractivity contribution < 1.29 is 4.42 Å². The van der Waals surface area contributed by atoms with Gasteiger partial charge in [0.05, 0.1) is 0 Å². The number of hydrogen-bond acceptors (Lipinski definition) is 2. The third-order valence-electron chi connectivity index (χ3n) is 4.05. The van der Waals surface area contributed by atoms with Gasteiger partial charge in [-0.1, -0.05) is 44.2 Å². The van der Waals surface area contributed by atoms with E-state index >= 15 is 0 Å². The Morgan fingerprint density at radius 1 is 1.21 bits per heavy atom. The Morgan fingerprint density at radius 3 is 2.79 bits per heavy atom. The van der Waals surface area contributed by atoms with Gasteiger partial charge >= 0.3 is 0 Å². The summed E-state index contributed by atoms with van der Waals surface area (Å²) in [5.41, 5.74) is 1.79. The van der Waals surface area contributed by atoms with Gasteiger partial charge in [-0.05, 0) is 24.5 Å². The number of fused-ring (bicyclic) bond motifs is 1. The van der Waals surface area contributed by atoms with Crippen LogP contribution in [0.1, 0.15) is 44.4 Å². The van der Waals surface area contributed by atoms with E-state index in [1.165, 1.54) is 32.1 Å². The lowest BCUT2D eigenvalue weighted by atomic mass is 9.85. The normalized spacial score (nSPS) is 18.8. The fourth-order valence-electron chi connectivity index (χ4n) is 3.06. The number of hydrogen-bond donors (Lipinski definition) is 0. The highest BCUT2D eigenvalue weighted by atomic mass is 35.5. The topological polar surface area (TPSA) is 26.0 Å². The summed E-state index contributed by atoms with van der Waals surface area (Å²) in [7, 11) is 0. The molecule has 102 valence electrons. The zero-order chi connectivity index (χ0) is 13.1. The molecule has 1 saturated carbocycles. The van der Waals surface area contributed by atoms with Crippen LogP contribution in [0.3, 0.4) is 0 Å². The van der Waals surface area contributed by atoms with Crippen molar-refractivity contribution in [2.45, 2.75) is 50.3 Å². The van der Waals surface area contributed by atoms with Gasteiger partial charge in [-0.3, -0.25) is 0 Å². The number of benzene rings is 1. The Labute approximate surface area is 119 Å². The molecule has 1 unspecified atom stereocenters. The van der Waals surface area contributed by atoms with Crippen LogP contribution < -0.4 is 0 Å². The second kappa shape index (κ2) is 5.96. The summed E-state index contributed by atoms with van der Waals surface area (Å²) in [6.45, 7) is 0. The Kier molecular flexibility index (Phi) is 4.07. The maximum Gasteiger partial charge on any atom is 0.196 e. The van der Waals surface area contributed by atoms with Crippen molar-refractivity contribution in [2.24, 2.45) is 5.92 Å². The molecule has 1 atom stereocenters. The molecule has 0 spiro atoms. The molecule has 3 heteroatoms. The summed E-state index contributed by atoms with van der Waals surface area (Å²) in [5.74, 6) is 1.58. The number of oxazole rings is 1. The molecule has 0 amide bonds. The molecule has 0 N–H and O–H groups in total. The Hall–Kier alpha value is -1.02. The van der Waals surface area contributed by atoms with E-state index in [-0.39, 0.29) is 5.38 Å². The molecule has 19 heavy (non-hydrogen) atoms. The molecule has 0 aliphatic heterocycles. The van der Waals surface area contributed by atoms with E-state index in [1.54, 1.807) is 0 Å². The Balaban J connectivity index is 1.60. The molecule has 1 aromatic carbocycles. The maximum atomic E-state index is 6.48. The molecule has 1 heterocycles. The monoisotopic (exact) mass is 277 g/mol. The first-order chi connectivity index (χ1) is 9.31. The van der Waals surface area contributed by atoms with Crippen LogP contribution in [0.25, 0.3) is 11.1 Å². The first-order valence-corrected chi connectivity index (χ1v) is 7.73. The van der Waals surface area contributed by atoms with Crippen LogP contribution in [0.15, 0.2) is 28.7 Å². The quantitative estimate of drug-likeness (QED) is 0.739. The van der Waals surface area contributed by atoms with Crippen molar-refractivity contribution in [1.29, 1.82) is 0 Å². The van der Waals surface area contributed by atoms with Crippen LogP contribution in [-0.2, 0) is 6.42 Å². The fraction of sp³-hybridized carbons (Fsp3) is 0.562. The van der Waals surface area contributed by atoms with Gasteiger partial charge in [0, 0.05) is 11.8 Å². The van der Waals surface area contributed by atoms with Crippen LogP contribution in [0, 0.1) is 5.92 Å². The van der Waals surface area contributed by atoms with E-state index in [0.717, 1.165) is 35.7 Å². The molecule has 1 aliphatic rings. The second-order valence-corrected chi connectivity index (χ2v) is 6.23. The smallest absolute Gasteiger partial charge is 0.196 e. The molecule has 2 nitrogen and oxygen atoms in total. The molecule has 0 bridgehead atoms. The average molecular weight is 278 g/mol. The van der Waals surface area contributed by atoms with Gasteiger partial charge in [-0.2, -0.15) is 0 Å². The predicted octanol–water partition coefficient (Wildman–Crippen LogP) is 4.95. The highest BCUT2D eigenvalue weighted by Gasteiger charge is 2.19. The van der Waals surface area contributed by atoms with Crippen LogP contribution in [0.2, 0.25) is 0 Å². The zero-order valence-corrected chi connectivity index (χ0v) is 11.9. The lowest BCUT2D eigenvalue weighted by molar-refractivity contribution is 0.331. The summed E-state index contributed by atoms with van der Waals surface area (Å²) in [4.78, 5) is 4.49. The van der Waals surface area contributed by atoms with E-state index < -0.39 is 0 Å². The summed E-state index contributed by atoms with van der Waals surface area (Å²) < 4.78 is 5.73. The largest absolute Gasteiger partial charge is 0.441 e. The first kappa shape index (κ1) is 13.0. The second-order valence-electron chi connectivity index (χ2n) is 5.62. The summed E-state index contributed by atoms with van der Waals surface area (Å²) in [5, 5.41) is 0.149. The number of rotatable bonds is 4. The van der Waals surface area contributed by atoms with Gasteiger partial charge < -0.3 is 4.42 Å². The van der Waals surface area contributed by atoms with E-state index in [4.69, 9.17) is 16.0 Å². The molecule has 1 fully saturated rings. The van der Waals surface area contributed by atoms with Gasteiger partial charge in [-0.15, -0.1) is 11.6 Å². The highest BCUT2D eigenvalue weighted by Crippen LogP contribution is 2.30. The maximum absolute atomic E-state index is 6.48. The van der Waals surface area contributed by atoms with Crippen molar-refractivity contribution >= 4 is 22.7 Å². The van der Waals surface area contributed by atoms with Gasteiger partial charge in [-0.25, -0.2) is 4.98 Å². The van der Waals surface area contributed by atoms with E-state index in [9.17, 15) is 0 Å². The number of para-hydroxylation sites is 2. The molecule has 1 aliphatic carbocycles. The van der Waals surface area contributed by atoms with Crippen molar-refractivity contribution in [3.05, 3.63) is 30.2 Å². The summed E-state index contributed by atoms with van der Waals surface area (Å²) in [6, 6.07) is 7.88. The van der Waals surface area contributed by atoms with E-state index in [0.29, 0.717) is 0 Å². The third-order valence-corrected chi connectivity index (χ3v) is 4.38. The molecule has 2 aromatic rings. The molecule has 1 aromatic heterocycles. The molecule has 3 rings (SSSR count). The van der Waals surface area contributed by atoms with Gasteiger partial charge in [0.25, 0.3) is 0 Å². The van der Waals surface area contributed by atoms with Gasteiger partial charge in [0.1, 0.15) is 5.52 Å². The standard InChI is InChI=1S/C16H20ClNO/c17-13(10-12-6-2-1-3-7-12)11-16-18-14-8-4-5-9-15(14)19-16/h4-5,8-9,12-13H,1-3,6-7,10-11H2. The minimum atomic E-state index is 0.149. The first-order valence-electron chi connectivity index (χ1n) is 7.30. The minimum Gasteiger partial charge on any atom is -0.441 e. The SMILES string of the molecule is ClC(Cc1nc2ccccc2o1)CC1CCCCC1. The van der Waals surface area contributed by atoms with Crippen LogP contribution in [-0.4, -0.2) is 10.4 Å². The fourth-order valence-corrected chi connectivity index (χ4v) is 3.45. The molecular weight excluding hydrogens is 258 g/mol. The average Bonchev–Trinajstić information content (AvgIpc) is 2.81. The van der Waals surface area contributed by atoms with E-state index in [1.807, 2.05) is 24.3 Å². The third kappa shape index (κ3) is 3.30. The molecular formula is C16H20ClNO. The lowest BCUT2D eigenvalue weighted by Gasteiger charge is -2.23. The van der Waals surface area contributed by atoms with Gasteiger partial charge in [0.2, 0.25) is 0 Å². The van der Waals surface area contributed by atoms with Crippen molar-refractivity contribution in [2.75, 3.05) is 0 Å². The highest BCUT2D eigenvalue weighted by molar-refractivity contribution is 6.20. The van der Waals surface area contributed by atoms with Crippen molar-refractivity contribution in [3.63, 3.8) is 0 Å². The van der Waals surface area contributed by atoms with E-state index in [2.05, 4.69) is 4.98 Å². The predicted molar refractivity (Wildman–Crippen MR) is 78.5 cm³/mol. The number of halogens is 1. The zero-order valence-electron chi connectivity index (χ0n) is 11.1. The molecule has 0 radical (unpaired) electrons. The Bertz CT molecular complexity index is 497. The minimum absolute atomic E-state index is 0.149. The summed E-state index contributed by atoms with van der Waals surface area (Å²) in [6.07, 6.45) is 8.67. The lowest BCUT2D eigenvalue weighted by Crippen LogP contribution is -2.14. The number of aromatic nitrogens is 1. The molecule has 0 saturated heterocycles. The van der Waals surface area contributed by atoms with Crippen LogP contribution >= 0.6 is 11.6 Å². The van der Waals surface area contributed by atoms with Gasteiger partial charge in [0.15, 0.2) is 11.5 Å². The van der Waals surface area contributed by atoms with Crippen LogP contribution in [0.5, 0.6) is 0 Å². The van der Waals surface area contributed by atoms with Crippen molar-refractivity contribution in [3.8, 4) is 0 Å². The number of nitrogens with zero attached hydrogens (tertiary/aromatic N) is 1. The van der Waals surface area contributed by atoms with Crippen LogP contribution in [0.4, 0.5) is 0 Å². The Morgan fingerprint density at radius 2 is 2.00 bits per heavy atom. The summed E-state index contributed by atoms with van der Waals surface area (Å²) >= 11 is 6.48. The van der Waals surface area contributed by atoms with Crippen molar-refractivity contribution in [1.82, 2.24) is 4.98 Å².